The summed E-state index contributed by atoms with van der Waals surface area (Å²) in [5.41, 5.74) is 0.748. The maximum Gasteiger partial charge on any atom is 0.267 e. The molecule has 5 heteroatoms. The van der Waals surface area contributed by atoms with Crippen LogP contribution in [0.1, 0.15) is 9.67 Å². The number of nitrogens with one attached hydrogen (secondary N) is 1. The Morgan fingerprint density at radius 3 is 2.50 bits per heavy atom. The van der Waals surface area contributed by atoms with Crippen molar-refractivity contribution >= 4 is 50.5 Å². The molecular formula is C11H7BrClNOS. The van der Waals surface area contributed by atoms with E-state index < -0.39 is 0 Å². The molecule has 1 N–H and O–H groups in total. The van der Waals surface area contributed by atoms with E-state index in [1.807, 2.05) is 24.3 Å². The third-order valence-electron chi connectivity index (χ3n) is 1.93. The summed E-state index contributed by atoms with van der Waals surface area (Å²) in [4.78, 5) is 12.3. The molecule has 0 radical (unpaired) electrons. The van der Waals surface area contributed by atoms with Crippen molar-refractivity contribution in [3.63, 3.8) is 0 Å². The summed E-state index contributed by atoms with van der Waals surface area (Å²) in [5, 5.41) is 5.05. The van der Waals surface area contributed by atoms with Gasteiger partial charge >= 0.3 is 0 Å². The highest BCUT2D eigenvalue weighted by molar-refractivity contribution is 9.10. The van der Waals surface area contributed by atoms with Crippen LogP contribution in [-0.4, -0.2) is 5.91 Å². The Balaban J connectivity index is 2.14. The summed E-state index contributed by atoms with van der Waals surface area (Å²) in [7, 11) is 0. The van der Waals surface area contributed by atoms with E-state index in [2.05, 4.69) is 21.2 Å². The standard InChI is InChI=1S/C11H7BrClNOS/c12-7-1-3-8(4-2-7)14-11(15)10-9(13)5-6-16-10/h1-6H,(H,14,15). The van der Waals surface area contributed by atoms with Gasteiger partial charge in [0.05, 0.1) is 5.02 Å². The fourth-order valence-corrected chi connectivity index (χ4v) is 2.48. The zero-order valence-electron chi connectivity index (χ0n) is 8.04. The summed E-state index contributed by atoms with van der Waals surface area (Å²) in [6, 6.07) is 9.09. The van der Waals surface area contributed by atoms with Crippen LogP contribution < -0.4 is 5.32 Å². The lowest BCUT2D eigenvalue weighted by Gasteiger charge is -2.03. The van der Waals surface area contributed by atoms with Gasteiger partial charge in [-0.25, -0.2) is 0 Å². The van der Waals surface area contributed by atoms with Gasteiger partial charge in [0.15, 0.2) is 0 Å². The van der Waals surface area contributed by atoms with Crippen LogP contribution in [0.15, 0.2) is 40.2 Å². The Morgan fingerprint density at radius 1 is 1.25 bits per heavy atom. The number of carbonyl (C=O) groups excluding carboxylic acids is 1. The largest absolute Gasteiger partial charge is 0.321 e. The predicted octanol–water partition coefficient (Wildman–Crippen LogP) is 4.42. The number of hydrogen-bond donors (Lipinski definition) is 1. The smallest absolute Gasteiger partial charge is 0.267 e. The van der Waals surface area contributed by atoms with Crippen molar-refractivity contribution in [1.29, 1.82) is 0 Å². The normalized spacial score (nSPS) is 10.1. The van der Waals surface area contributed by atoms with Gasteiger partial charge in [-0.15, -0.1) is 11.3 Å². The average molecular weight is 317 g/mol. The van der Waals surface area contributed by atoms with Crippen LogP contribution in [-0.2, 0) is 0 Å². The zero-order chi connectivity index (χ0) is 11.5. The molecule has 0 aliphatic heterocycles. The molecule has 2 nitrogen and oxygen atoms in total. The summed E-state index contributed by atoms with van der Waals surface area (Å²) >= 11 is 10.5. The molecule has 0 aliphatic carbocycles. The van der Waals surface area contributed by atoms with Crippen LogP contribution in [0, 0.1) is 0 Å². The number of carbonyl (C=O) groups is 1. The number of anilines is 1. The molecule has 1 aromatic heterocycles. The molecule has 16 heavy (non-hydrogen) atoms. The topological polar surface area (TPSA) is 29.1 Å². The molecule has 2 rings (SSSR count). The molecule has 0 spiro atoms. The fraction of sp³-hybridized carbons (Fsp3) is 0. The zero-order valence-corrected chi connectivity index (χ0v) is 11.2. The summed E-state index contributed by atoms with van der Waals surface area (Å²) in [6.45, 7) is 0. The van der Waals surface area contributed by atoms with Crippen molar-refractivity contribution in [3.05, 3.63) is 50.1 Å². The van der Waals surface area contributed by atoms with Crippen molar-refractivity contribution in [3.8, 4) is 0 Å². The van der Waals surface area contributed by atoms with E-state index in [4.69, 9.17) is 11.6 Å². The second-order valence-electron chi connectivity index (χ2n) is 3.06. The molecule has 0 saturated carbocycles. The molecule has 82 valence electrons. The number of thiophene rings is 1. The molecular weight excluding hydrogens is 310 g/mol. The van der Waals surface area contributed by atoms with E-state index in [9.17, 15) is 4.79 Å². The van der Waals surface area contributed by atoms with Gasteiger partial charge < -0.3 is 5.32 Å². The molecule has 1 heterocycles. The fourth-order valence-electron chi connectivity index (χ4n) is 1.18. The minimum Gasteiger partial charge on any atom is -0.321 e. The summed E-state index contributed by atoms with van der Waals surface area (Å²) < 4.78 is 0.972. The summed E-state index contributed by atoms with van der Waals surface area (Å²) in [5.74, 6) is -0.178. The Labute approximate surface area is 110 Å². The van der Waals surface area contributed by atoms with Gasteiger partial charge in [0.2, 0.25) is 0 Å². The Hall–Kier alpha value is -0.840. The first kappa shape index (κ1) is 11.6. The van der Waals surface area contributed by atoms with Crippen LogP contribution in [0.25, 0.3) is 0 Å². The third kappa shape index (κ3) is 2.64. The van der Waals surface area contributed by atoms with Crippen LogP contribution in [0.4, 0.5) is 5.69 Å². The lowest BCUT2D eigenvalue weighted by atomic mass is 10.3. The Kier molecular flexibility index (Phi) is 3.63. The third-order valence-corrected chi connectivity index (χ3v) is 3.79. The van der Waals surface area contributed by atoms with Crippen LogP contribution in [0.5, 0.6) is 0 Å². The van der Waals surface area contributed by atoms with E-state index in [0.717, 1.165) is 10.2 Å². The molecule has 0 fully saturated rings. The molecule has 0 aliphatic rings. The number of amides is 1. The van der Waals surface area contributed by atoms with E-state index in [1.54, 1.807) is 11.4 Å². The quantitative estimate of drug-likeness (QED) is 0.873. The number of hydrogen-bond acceptors (Lipinski definition) is 2. The number of halogens is 2. The minimum atomic E-state index is -0.178. The van der Waals surface area contributed by atoms with E-state index in [0.29, 0.717) is 9.90 Å². The molecule has 1 amide bonds. The van der Waals surface area contributed by atoms with E-state index in [1.165, 1.54) is 11.3 Å². The van der Waals surface area contributed by atoms with Crippen molar-refractivity contribution in [2.75, 3.05) is 5.32 Å². The van der Waals surface area contributed by atoms with Crippen molar-refractivity contribution in [1.82, 2.24) is 0 Å². The van der Waals surface area contributed by atoms with E-state index >= 15 is 0 Å². The molecule has 0 bridgehead atoms. The van der Waals surface area contributed by atoms with Crippen LogP contribution >= 0.6 is 38.9 Å². The van der Waals surface area contributed by atoms with Gasteiger partial charge in [-0.05, 0) is 35.7 Å². The van der Waals surface area contributed by atoms with Crippen molar-refractivity contribution < 1.29 is 4.79 Å². The molecule has 0 atom stereocenters. The van der Waals surface area contributed by atoms with Gasteiger partial charge in [-0.2, -0.15) is 0 Å². The lowest BCUT2D eigenvalue weighted by Crippen LogP contribution is -2.10. The minimum absolute atomic E-state index is 0.178. The monoisotopic (exact) mass is 315 g/mol. The molecule has 1 aromatic carbocycles. The van der Waals surface area contributed by atoms with Gasteiger partial charge in [0, 0.05) is 10.2 Å². The second kappa shape index (κ2) is 4.99. The van der Waals surface area contributed by atoms with Gasteiger partial charge in [0.1, 0.15) is 4.88 Å². The first-order valence-corrected chi connectivity index (χ1v) is 6.52. The van der Waals surface area contributed by atoms with Crippen molar-refractivity contribution in [2.45, 2.75) is 0 Å². The highest BCUT2D eigenvalue weighted by Gasteiger charge is 2.11. The first-order chi connectivity index (χ1) is 7.66. The number of rotatable bonds is 2. The summed E-state index contributed by atoms with van der Waals surface area (Å²) in [6.07, 6.45) is 0. The first-order valence-electron chi connectivity index (χ1n) is 4.47. The predicted molar refractivity (Wildman–Crippen MR) is 71.4 cm³/mol. The van der Waals surface area contributed by atoms with Crippen molar-refractivity contribution in [2.24, 2.45) is 0 Å². The maximum absolute atomic E-state index is 11.8. The van der Waals surface area contributed by atoms with E-state index in [-0.39, 0.29) is 5.91 Å². The highest BCUT2D eigenvalue weighted by Crippen LogP contribution is 2.23. The molecule has 2 aromatic rings. The Bertz CT molecular complexity index is 509. The van der Waals surface area contributed by atoms with Crippen LogP contribution in [0.2, 0.25) is 5.02 Å². The van der Waals surface area contributed by atoms with Crippen LogP contribution in [0.3, 0.4) is 0 Å². The molecule has 0 unspecified atom stereocenters. The Morgan fingerprint density at radius 2 is 1.94 bits per heavy atom. The SMILES string of the molecule is O=C(Nc1ccc(Br)cc1)c1sccc1Cl. The van der Waals surface area contributed by atoms with Gasteiger partial charge in [-0.1, -0.05) is 27.5 Å². The lowest BCUT2D eigenvalue weighted by molar-refractivity contribution is 0.103. The number of benzene rings is 1. The average Bonchev–Trinajstić information content (AvgIpc) is 2.68. The highest BCUT2D eigenvalue weighted by atomic mass is 79.9. The maximum atomic E-state index is 11.8. The molecule has 0 saturated heterocycles. The van der Waals surface area contributed by atoms with Gasteiger partial charge in [-0.3, -0.25) is 4.79 Å². The second-order valence-corrected chi connectivity index (χ2v) is 5.30. The van der Waals surface area contributed by atoms with Gasteiger partial charge in [0.25, 0.3) is 5.91 Å².